The lowest BCUT2D eigenvalue weighted by Crippen LogP contribution is -2.14. The Kier molecular flexibility index (Phi) is 5.55. The number of para-hydroxylation sites is 1. The molecule has 0 atom stereocenters. The summed E-state index contributed by atoms with van der Waals surface area (Å²) in [5.74, 6) is 0.389. The molecular weight excluding hydrogens is 354 g/mol. The number of carbonyl (C=O) groups excluding carboxylic acids is 1. The van der Waals surface area contributed by atoms with Crippen LogP contribution < -0.4 is 10.1 Å². The average molecular weight is 369 g/mol. The number of nitrogens with zero attached hydrogens (tertiary/aromatic N) is 2. The highest BCUT2D eigenvalue weighted by Gasteiger charge is 2.09. The van der Waals surface area contributed by atoms with E-state index in [-0.39, 0.29) is 24.6 Å². The lowest BCUT2D eigenvalue weighted by Gasteiger charge is -2.04. The molecule has 1 N–H and O–H groups in total. The fraction of sp³-hybridized carbons (Fsp3) is 0.111. The maximum Gasteiger partial charge on any atom is 0.269 e. The van der Waals surface area contributed by atoms with Crippen LogP contribution in [0.4, 0.5) is 11.4 Å². The first-order valence-electron chi connectivity index (χ1n) is 7.75. The second kappa shape index (κ2) is 8.21. The van der Waals surface area contributed by atoms with E-state index in [0.29, 0.717) is 16.5 Å². The van der Waals surface area contributed by atoms with Crippen LogP contribution in [0.3, 0.4) is 0 Å². The van der Waals surface area contributed by atoms with Crippen molar-refractivity contribution >= 4 is 28.6 Å². The number of amides is 1. The molecule has 8 heteroatoms. The van der Waals surface area contributed by atoms with Gasteiger partial charge in [-0.15, -0.1) is 11.3 Å². The average Bonchev–Trinajstić information content (AvgIpc) is 3.08. The van der Waals surface area contributed by atoms with Gasteiger partial charge in [0, 0.05) is 23.2 Å². The molecule has 3 aromatic rings. The van der Waals surface area contributed by atoms with Crippen LogP contribution in [-0.2, 0) is 17.8 Å². The molecule has 3 rings (SSSR count). The molecule has 2 aromatic carbocycles. The zero-order valence-corrected chi connectivity index (χ0v) is 14.4. The van der Waals surface area contributed by atoms with Crippen LogP contribution in [0.25, 0.3) is 0 Å². The van der Waals surface area contributed by atoms with E-state index < -0.39 is 4.92 Å². The third-order valence-electron chi connectivity index (χ3n) is 3.40. The minimum atomic E-state index is -0.461. The summed E-state index contributed by atoms with van der Waals surface area (Å²) in [6.45, 7) is 0.231. The van der Waals surface area contributed by atoms with Gasteiger partial charge in [0.05, 0.1) is 17.0 Å². The molecule has 132 valence electrons. The summed E-state index contributed by atoms with van der Waals surface area (Å²) in [5.41, 5.74) is 1.46. The molecule has 0 aliphatic carbocycles. The van der Waals surface area contributed by atoms with Crippen molar-refractivity contribution in [2.45, 2.75) is 13.0 Å². The number of nitro groups is 1. The number of nitrogens with one attached hydrogen (secondary N) is 1. The molecule has 0 aliphatic heterocycles. The molecule has 0 aliphatic rings. The fourth-order valence-electron chi connectivity index (χ4n) is 2.18. The molecule has 0 saturated heterocycles. The molecule has 0 unspecified atom stereocenters. The monoisotopic (exact) mass is 369 g/mol. The van der Waals surface area contributed by atoms with Crippen molar-refractivity contribution in [1.82, 2.24) is 4.98 Å². The first kappa shape index (κ1) is 17.6. The van der Waals surface area contributed by atoms with Gasteiger partial charge in [-0.05, 0) is 24.3 Å². The Morgan fingerprint density at radius 1 is 1.15 bits per heavy atom. The molecule has 26 heavy (non-hydrogen) atoms. The van der Waals surface area contributed by atoms with Crippen molar-refractivity contribution in [2.75, 3.05) is 5.32 Å². The molecule has 7 nitrogen and oxygen atoms in total. The minimum Gasteiger partial charge on any atom is -0.487 e. The summed E-state index contributed by atoms with van der Waals surface area (Å²) in [5, 5.41) is 16.0. The number of aromatic nitrogens is 1. The maximum absolute atomic E-state index is 12.0. The summed E-state index contributed by atoms with van der Waals surface area (Å²) in [7, 11) is 0. The van der Waals surface area contributed by atoms with Gasteiger partial charge < -0.3 is 10.1 Å². The van der Waals surface area contributed by atoms with E-state index in [1.807, 2.05) is 35.7 Å². The van der Waals surface area contributed by atoms with Crippen molar-refractivity contribution in [2.24, 2.45) is 0 Å². The van der Waals surface area contributed by atoms with E-state index in [4.69, 9.17) is 4.74 Å². The van der Waals surface area contributed by atoms with Gasteiger partial charge in [0.1, 0.15) is 17.4 Å². The van der Waals surface area contributed by atoms with Crippen molar-refractivity contribution in [1.29, 1.82) is 0 Å². The topological polar surface area (TPSA) is 94.4 Å². The summed E-state index contributed by atoms with van der Waals surface area (Å²) in [6.07, 6.45) is 0.192. The van der Waals surface area contributed by atoms with Gasteiger partial charge in [-0.1, -0.05) is 18.2 Å². The normalized spacial score (nSPS) is 10.3. The van der Waals surface area contributed by atoms with Gasteiger partial charge in [0.2, 0.25) is 5.91 Å². The van der Waals surface area contributed by atoms with Gasteiger partial charge in [0.15, 0.2) is 0 Å². The highest BCUT2D eigenvalue weighted by Crippen LogP contribution is 2.19. The number of hydrogen-bond donors (Lipinski definition) is 1. The van der Waals surface area contributed by atoms with Crippen molar-refractivity contribution in [3.05, 3.63) is 80.8 Å². The number of anilines is 1. The van der Waals surface area contributed by atoms with E-state index in [1.54, 1.807) is 12.1 Å². The van der Waals surface area contributed by atoms with Crippen LogP contribution in [0.2, 0.25) is 0 Å². The second-order valence-corrected chi connectivity index (χ2v) is 6.31. The number of hydrogen-bond acceptors (Lipinski definition) is 6. The largest absolute Gasteiger partial charge is 0.487 e. The Balaban J connectivity index is 1.51. The highest BCUT2D eigenvalue weighted by molar-refractivity contribution is 7.09. The predicted molar refractivity (Wildman–Crippen MR) is 98.3 cm³/mol. The number of rotatable bonds is 7. The highest BCUT2D eigenvalue weighted by atomic mass is 32.1. The van der Waals surface area contributed by atoms with E-state index in [0.717, 1.165) is 5.69 Å². The van der Waals surface area contributed by atoms with Gasteiger partial charge in [0.25, 0.3) is 5.69 Å². The van der Waals surface area contributed by atoms with Crippen molar-refractivity contribution in [3.63, 3.8) is 0 Å². The van der Waals surface area contributed by atoms with Gasteiger partial charge in [-0.25, -0.2) is 4.98 Å². The first-order chi connectivity index (χ1) is 12.6. The Bertz CT molecular complexity index is 894. The number of non-ortho nitro benzene ring substituents is 1. The Morgan fingerprint density at radius 2 is 1.88 bits per heavy atom. The molecule has 1 amide bonds. The number of benzene rings is 2. The summed E-state index contributed by atoms with van der Waals surface area (Å²) < 4.78 is 5.56. The lowest BCUT2D eigenvalue weighted by molar-refractivity contribution is -0.384. The molecule has 0 spiro atoms. The first-order valence-corrected chi connectivity index (χ1v) is 8.63. The minimum absolute atomic E-state index is 0.0118. The SMILES string of the molecule is O=C(Cc1nc(COc2ccc([N+](=O)[O-])cc2)cs1)Nc1ccccc1. The molecule has 0 radical (unpaired) electrons. The number of ether oxygens (including phenoxy) is 1. The fourth-order valence-corrected chi connectivity index (χ4v) is 2.96. The summed E-state index contributed by atoms with van der Waals surface area (Å²) in [6, 6.07) is 15.1. The number of thiazole rings is 1. The molecular formula is C18H15N3O4S. The summed E-state index contributed by atoms with van der Waals surface area (Å²) >= 11 is 1.39. The number of carbonyl (C=O) groups is 1. The van der Waals surface area contributed by atoms with Crippen molar-refractivity contribution < 1.29 is 14.5 Å². The summed E-state index contributed by atoms with van der Waals surface area (Å²) in [4.78, 5) is 26.6. The molecule has 0 saturated carbocycles. The zero-order chi connectivity index (χ0) is 18.4. The molecule has 0 fully saturated rings. The predicted octanol–water partition coefficient (Wildman–Crippen LogP) is 3.81. The Hall–Kier alpha value is -3.26. The Labute approximate surface area is 153 Å². The molecule has 0 bridgehead atoms. The van der Waals surface area contributed by atoms with Crippen LogP contribution in [-0.4, -0.2) is 15.8 Å². The molecule has 1 aromatic heterocycles. The van der Waals surface area contributed by atoms with Crippen LogP contribution in [0.15, 0.2) is 60.0 Å². The zero-order valence-electron chi connectivity index (χ0n) is 13.6. The quantitative estimate of drug-likeness (QED) is 0.505. The molecule has 1 heterocycles. The third kappa shape index (κ3) is 4.87. The van der Waals surface area contributed by atoms with Crippen LogP contribution in [0, 0.1) is 10.1 Å². The van der Waals surface area contributed by atoms with Gasteiger partial charge >= 0.3 is 0 Å². The third-order valence-corrected chi connectivity index (χ3v) is 4.30. The standard InChI is InChI=1S/C18H15N3O4S/c22-17(19-13-4-2-1-3-5-13)10-18-20-14(12-26-18)11-25-16-8-6-15(7-9-16)21(23)24/h1-9,12H,10-11H2,(H,19,22). The van der Waals surface area contributed by atoms with E-state index in [9.17, 15) is 14.9 Å². The van der Waals surface area contributed by atoms with Gasteiger partial charge in [-0.3, -0.25) is 14.9 Å². The van der Waals surface area contributed by atoms with Gasteiger partial charge in [-0.2, -0.15) is 0 Å². The van der Waals surface area contributed by atoms with Crippen molar-refractivity contribution in [3.8, 4) is 5.75 Å². The van der Waals surface area contributed by atoms with Crippen LogP contribution in [0.1, 0.15) is 10.7 Å². The smallest absolute Gasteiger partial charge is 0.269 e. The maximum atomic E-state index is 12.0. The van der Waals surface area contributed by atoms with E-state index >= 15 is 0 Å². The van der Waals surface area contributed by atoms with Crippen LogP contribution >= 0.6 is 11.3 Å². The lowest BCUT2D eigenvalue weighted by atomic mass is 10.3. The number of nitro benzene ring substituents is 1. The van der Waals surface area contributed by atoms with E-state index in [1.165, 1.54) is 23.5 Å². The van der Waals surface area contributed by atoms with E-state index in [2.05, 4.69) is 10.3 Å². The second-order valence-electron chi connectivity index (χ2n) is 5.36. The van der Waals surface area contributed by atoms with Crippen LogP contribution in [0.5, 0.6) is 5.75 Å². The Morgan fingerprint density at radius 3 is 2.58 bits per heavy atom.